The van der Waals surface area contributed by atoms with Crippen molar-refractivity contribution in [2.45, 2.75) is 51.5 Å². The van der Waals surface area contributed by atoms with Crippen LogP contribution in [-0.2, 0) is 4.79 Å². The van der Waals surface area contributed by atoms with Gasteiger partial charge >= 0.3 is 0 Å². The molecule has 0 bridgehead atoms. The third-order valence-corrected chi connectivity index (χ3v) is 5.52. The predicted molar refractivity (Wildman–Crippen MR) is 114 cm³/mol. The van der Waals surface area contributed by atoms with Crippen molar-refractivity contribution in [1.29, 1.82) is 0 Å². The lowest BCUT2D eigenvalue weighted by Gasteiger charge is -2.35. The van der Waals surface area contributed by atoms with E-state index < -0.39 is 0 Å². The molecule has 154 valence electrons. The molecule has 2 fully saturated rings. The van der Waals surface area contributed by atoms with Gasteiger partial charge in [0.1, 0.15) is 5.82 Å². The maximum atomic E-state index is 13.3. The highest BCUT2D eigenvalue weighted by molar-refractivity contribution is 5.85. The highest BCUT2D eigenvalue weighted by Gasteiger charge is 2.23. The number of carbonyl (C=O) groups is 1. The molecule has 7 heteroatoms. The lowest BCUT2D eigenvalue weighted by molar-refractivity contribution is -0.122. The Morgan fingerprint density at radius 3 is 2.70 bits per heavy atom. The zero-order chi connectivity index (χ0) is 17.6. The first-order chi connectivity index (χ1) is 12.1. The minimum absolute atomic E-state index is 0. The number of carbonyl (C=O) groups excluding carboxylic acids is 1. The molecule has 2 aliphatic heterocycles. The summed E-state index contributed by atoms with van der Waals surface area (Å²) >= 11 is 0. The fraction of sp³-hybridized carbons (Fsp3) is 0.650. The number of amides is 1. The minimum Gasteiger partial charge on any atom is -0.369 e. The molecule has 2 aliphatic rings. The van der Waals surface area contributed by atoms with Crippen molar-refractivity contribution in [2.24, 2.45) is 5.92 Å². The van der Waals surface area contributed by atoms with Gasteiger partial charge in [0.15, 0.2) is 0 Å². The summed E-state index contributed by atoms with van der Waals surface area (Å²) in [4.78, 5) is 14.6. The van der Waals surface area contributed by atoms with Crippen LogP contribution in [0.4, 0.5) is 10.1 Å². The molecule has 0 saturated carbocycles. The monoisotopic (exact) mass is 419 g/mol. The molecule has 1 amide bonds. The van der Waals surface area contributed by atoms with Crippen LogP contribution in [0.1, 0.15) is 44.1 Å². The first kappa shape index (κ1) is 24.0. The highest BCUT2D eigenvalue weighted by Crippen LogP contribution is 2.25. The largest absolute Gasteiger partial charge is 0.369 e. The molecule has 1 unspecified atom stereocenters. The Morgan fingerprint density at radius 1 is 1.26 bits per heavy atom. The summed E-state index contributed by atoms with van der Waals surface area (Å²) in [6.07, 6.45) is 6.09. The number of nitrogens with zero attached hydrogens (tertiary/aromatic N) is 1. The van der Waals surface area contributed by atoms with Crippen molar-refractivity contribution in [3.63, 3.8) is 0 Å². The molecule has 2 heterocycles. The minimum atomic E-state index is -0.193. The van der Waals surface area contributed by atoms with E-state index in [0.717, 1.165) is 56.7 Å². The summed E-state index contributed by atoms with van der Waals surface area (Å²) in [5.41, 5.74) is 2.04. The number of piperidine rings is 2. The van der Waals surface area contributed by atoms with Gasteiger partial charge in [-0.1, -0.05) is 0 Å². The van der Waals surface area contributed by atoms with Gasteiger partial charge in [0.05, 0.1) is 0 Å². The van der Waals surface area contributed by atoms with E-state index >= 15 is 0 Å². The van der Waals surface area contributed by atoms with E-state index in [2.05, 4.69) is 15.5 Å². The lowest BCUT2D eigenvalue weighted by Crippen LogP contribution is -2.48. The normalized spacial score (nSPS) is 20.4. The number of nitrogens with one attached hydrogen (secondary N) is 2. The fourth-order valence-electron chi connectivity index (χ4n) is 4.09. The van der Waals surface area contributed by atoms with Crippen LogP contribution < -0.4 is 15.5 Å². The number of hydrogen-bond acceptors (Lipinski definition) is 3. The summed E-state index contributed by atoms with van der Waals surface area (Å²) in [5, 5.41) is 6.59. The van der Waals surface area contributed by atoms with Crippen LogP contribution in [0.25, 0.3) is 0 Å². The molecule has 0 aromatic heterocycles. The standard InChI is InChI=1S/C20H30FN3O.2ClH/c1-15-13-17(21)5-6-19(15)24-12-2-3-18(14-24)23-20(25)7-4-16-8-10-22-11-9-16;;/h5-6,13,16,18,22H,2-4,7-12,14H2,1H3,(H,23,25);2*1H. The van der Waals surface area contributed by atoms with Gasteiger partial charge in [-0.15, -0.1) is 24.8 Å². The molecule has 0 aliphatic carbocycles. The van der Waals surface area contributed by atoms with E-state index in [9.17, 15) is 9.18 Å². The van der Waals surface area contributed by atoms with Crippen LogP contribution >= 0.6 is 24.8 Å². The average molecular weight is 420 g/mol. The predicted octanol–water partition coefficient (Wildman–Crippen LogP) is 3.84. The average Bonchev–Trinajstić information content (AvgIpc) is 2.61. The summed E-state index contributed by atoms with van der Waals surface area (Å²) in [6, 6.07) is 5.14. The zero-order valence-electron chi connectivity index (χ0n) is 16.0. The lowest BCUT2D eigenvalue weighted by atomic mass is 9.93. The van der Waals surface area contributed by atoms with Gasteiger partial charge in [-0.25, -0.2) is 4.39 Å². The fourth-order valence-corrected chi connectivity index (χ4v) is 4.09. The smallest absolute Gasteiger partial charge is 0.220 e. The Bertz CT molecular complexity index is 597. The molecule has 27 heavy (non-hydrogen) atoms. The Morgan fingerprint density at radius 2 is 2.00 bits per heavy atom. The van der Waals surface area contributed by atoms with Crippen molar-refractivity contribution in [1.82, 2.24) is 10.6 Å². The van der Waals surface area contributed by atoms with Crippen LogP contribution in [0.2, 0.25) is 0 Å². The summed E-state index contributed by atoms with van der Waals surface area (Å²) in [5.74, 6) is 0.680. The van der Waals surface area contributed by atoms with Crippen LogP contribution in [0.5, 0.6) is 0 Å². The van der Waals surface area contributed by atoms with E-state index in [0.29, 0.717) is 12.3 Å². The molecule has 2 N–H and O–H groups in total. The van der Waals surface area contributed by atoms with Crippen LogP contribution in [0.15, 0.2) is 18.2 Å². The number of hydrogen-bond donors (Lipinski definition) is 2. The Kier molecular flexibility index (Phi) is 10.4. The summed E-state index contributed by atoms with van der Waals surface area (Å²) in [7, 11) is 0. The van der Waals surface area contributed by atoms with Crippen molar-refractivity contribution < 1.29 is 9.18 Å². The molecular formula is C20H32Cl2FN3O. The van der Waals surface area contributed by atoms with Gasteiger partial charge in [0, 0.05) is 31.2 Å². The molecule has 3 rings (SSSR count). The van der Waals surface area contributed by atoms with Crippen molar-refractivity contribution in [3.8, 4) is 0 Å². The zero-order valence-corrected chi connectivity index (χ0v) is 17.6. The molecule has 0 radical (unpaired) electrons. The van der Waals surface area contributed by atoms with Crippen LogP contribution in [-0.4, -0.2) is 38.1 Å². The quantitative estimate of drug-likeness (QED) is 0.761. The molecule has 2 saturated heterocycles. The summed E-state index contributed by atoms with van der Waals surface area (Å²) in [6.45, 7) is 5.89. The molecule has 0 spiro atoms. The second-order valence-electron chi connectivity index (χ2n) is 7.52. The Hall–Kier alpha value is -1.04. The molecule has 1 atom stereocenters. The first-order valence-corrected chi connectivity index (χ1v) is 9.63. The maximum Gasteiger partial charge on any atom is 0.220 e. The number of anilines is 1. The van der Waals surface area contributed by atoms with E-state index in [1.807, 2.05) is 13.0 Å². The number of rotatable bonds is 5. The second kappa shape index (κ2) is 11.7. The summed E-state index contributed by atoms with van der Waals surface area (Å²) < 4.78 is 13.3. The van der Waals surface area contributed by atoms with Gasteiger partial charge < -0.3 is 15.5 Å². The first-order valence-electron chi connectivity index (χ1n) is 9.63. The second-order valence-corrected chi connectivity index (χ2v) is 7.52. The van der Waals surface area contributed by atoms with Gasteiger partial charge in [-0.2, -0.15) is 0 Å². The van der Waals surface area contributed by atoms with Gasteiger partial charge in [-0.3, -0.25) is 4.79 Å². The topological polar surface area (TPSA) is 44.4 Å². The number of aryl methyl sites for hydroxylation is 1. The van der Waals surface area contributed by atoms with E-state index in [1.54, 1.807) is 6.07 Å². The molecular weight excluding hydrogens is 388 g/mol. The van der Waals surface area contributed by atoms with Gasteiger partial charge in [0.25, 0.3) is 0 Å². The van der Waals surface area contributed by atoms with E-state index in [-0.39, 0.29) is 42.6 Å². The Balaban J connectivity index is 0.00000182. The Labute approximate surface area is 174 Å². The van der Waals surface area contributed by atoms with E-state index in [4.69, 9.17) is 0 Å². The SMILES string of the molecule is Cc1cc(F)ccc1N1CCCC(NC(=O)CCC2CCNCC2)C1.Cl.Cl. The van der Waals surface area contributed by atoms with Crippen molar-refractivity contribution in [3.05, 3.63) is 29.6 Å². The number of halogens is 3. The van der Waals surface area contributed by atoms with Crippen LogP contribution in [0.3, 0.4) is 0 Å². The third kappa shape index (κ3) is 7.13. The maximum absolute atomic E-state index is 13.3. The van der Waals surface area contributed by atoms with Crippen molar-refractivity contribution >= 4 is 36.4 Å². The van der Waals surface area contributed by atoms with Crippen molar-refractivity contribution in [2.75, 3.05) is 31.1 Å². The van der Waals surface area contributed by atoms with E-state index in [1.165, 1.54) is 18.9 Å². The third-order valence-electron chi connectivity index (χ3n) is 5.52. The highest BCUT2D eigenvalue weighted by atomic mass is 35.5. The molecule has 1 aromatic carbocycles. The molecule has 1 aromatic rings. The van der Waals surface area contributed by atoms with Gasteiger partial charge in [-0.05, 0) is 81.8 Å². The number of benzene rings is 1. The van der Waals surface area contributed by atoms with Gasteiger partial charge in [0.2, 0.25) is 5.91 Å². The molecule has 4 nitrogen and oxygen atoms in total. The van der Waals surface area contributed by atoms with Crippen LogP contribution in [0, 0.1) is 18.7 Å².